The summed E-state index contributed by atoms with van der Waals surface area (Å²) in [4.78, 5) is 30.8. The molecule has 1 amide bonds. The number of nitrogens with zero attached hydrogens (tertiary/aromatic N) is 3. The normalized spacial score (nSPS) is 10.8. The minimum Gasteiger partial charge on any atom is -0.344 e. The Bertz CT molecular complexity index is 738. The Hall–Kier alpha value is -2.48. The lowest BCUT2D eigenvalue weighted by molar-refractivity contribution is 0.0945. The highest BCUT2D eigenvalue weighted by Gasteiger charge is 2.13. The average molecular weight is 302 g/mol. The Kier molecular flexibility index (Phi) is 3.53. The molecule has 3 N–H and O–H groups in total. The largest absolute Gasteiger partial charge is 0.344 e. The lowest BCUT2D eigenvalue weighted by atomic mass is 10.4. The molecule has 0 atom stereocenters. The summed E-state index contributed by atoms with van der Waals surface area (Å²) in [6, 6.07) is 0. The van der Waals surface area contributed by atoms with E-state index in [1.54, 1.807) is 17.8 Å². The fourth-order valence-electron chi connectivity index (χ4n) is 1.83. The van der Waals surface area contributed by atoms with Crippen LogP contribution in [0.2, 0.25) is 0 Å². The highest BCUT2D eigenvalue weighted by molar-refractivity contribution is 7.13. The van der Waals surface area contributed by atoms with Gasteiger partial charge in [0.1, 0.15) is 11.5 Å². The summed E-state index contributed by atoms with van der Waals surface area (Å²) < 4.78 is 0. The molecule has 0 aromatic carbocycles. The fraction of sp³-hybridized carbons (Fsp3) is 0.231. The minimum atomic E-state index is -0.226. The molecule has 0 saturated heterocycles. The molecule has 0 spiro atoms. The summed E-state index contributed by atoms with van der Waals surface area (Å²) in [6.45, 7) is 4.22. The van der Waals surface area contributed by atoms with E-state index in [9.17, 15) is 4.79 Å². The number of rotatable bonds is 4. The van der Waals surface area contributed by atoms with Crippen molar-refractivity contribution in [3.8, 4) is 10.8 Å². The van der Waals surface area contributed by atoms with Crippen molar-refractivity contribution in [3.63, 3.8) is 0 Å². The Morgan fingerprint density at radius 3 is 2.90 bits per heavy atom. The smallest absolute Gasteiger partial charge is 0.271 e. The van der Waals surface area contributed by atoms with E-state index < -0.39 is 0 Å². The molecule has 3 aromatic rings. The van der Waals surface area contributed by atoms with Gasteiger partial charge < -0.3 is 15.3 Å². The van der Waals surface area contributed by atoms with Crippen molar-refractivity contribution in [1.82, 2.24) is 30.2 Å². The van der Waals surface area contributed by atoms with Crippen molar-refractivity contribution >= 4 is 17.2 Å². The molecule has 0 fully saturated rings. The monoisotopic (exact) mass is 302 g/mol. The van der Waals surface area contributed by atoms with Crippen LogP contribution in [0.15, 0.2) is 17.8 Å². The first-order chi connectivity index (χ1) is 10.1. The standard InChI is InChI=1S/C13H14N6OS/c1-7-8(2)18-10(17-7)5-16-12(20)9-6-21-13(19-9)11-14-3-4-15-11/h3-4,6H,5H2,1-2H3,(H,14,15)(H,16,20)(H,17,18). The molecular formula is C13H14N6OS. The number of hydrogen-bond acceptors (Lipinski definition) is 5. The number of aromatic amines is 2. The van der Waals surface area contributed by atoms with E-state index in [0.29, 0.717) is 23.1 Å². The maximum absolute atomic E-state index is 12.1. The number of aromatic nitrogens is 5. The molecule has 3 aromatic heterocycles. The molecule has 0 aliphatic heterocycles. The van der Waals surface area contributed by atoms with Crippen molar-refractivity contribution in [2.45, 2.75) is 20.4 Å². The van der Waals surface area contributed by atoms with Gasteiger partial charge in [-0.1, -0.05) is 0 Å². The zero-order chi connectivity index (χ0) is 14.8. The molecule has 0 radical (unpaired) electrons. The maximum atomic E-state index is 12.1. The van der Waals surface area contributed by atoms with Gasteiger partial charge in [0.15, 0.2) is 10.8 Å². The topological polar surface area (TPSA) is 99.3 Å². The van der Waals surface area contributed by atoms with E-state index in [0.717, 1.165) is 17.2 Å². The average Bonchev–Trinajstić information content (AvgIpc) is 3.17. The molecule has 108 valence electrons. The molecule has 0 aliphatic rings. The number of H-pyrrole nitrogens is 2. The van der Waals surface area contributed by atoms with Gasteiger partial charge in [0.25, 0.3) is 5.91 Å². The van der Waals surface area contributed by atoms with Gasteiger partial charge in [-0.25, -0.2) is 15.0 Å². The van der Waals surface area contributed by atoms with Gasteiger partial charge in [0, 0.05) is 23.5 Å². The van der Waals surface area contributed by atoms with Gasteiger partial charge >= 0.3 is 0 Å². The number of hydrogen-bond donors (Lipinski definition) is 3. The van der Waals surface area contributed by atoms with E-state index >= 15 is 0 Å². The number of carbonyl (C=O) groups is 1. The van der Waals surface area contributed by atoms with Crippen molar-refractivity contribution < 1.29 is 4.79 Å². The van der Waals surface area contributed by atoms with E-state index in [-0.39, 0.29) is 5.91 Å². The Morgan fingerprint density at radius 1 is 1.38 bits per heavy atom. The number of imidazole rings is 2. The SMILES string of the molecule is Cc1nc(CNC(=O)c2csc(-c3ncc[nH]3)n2)[nH]c1C. The van der Waals surface area contributed by atoms with Crippen LogP contribution in [0.25, 0.3) is 10.8 Å². The Balaban J connectivity index is 1.66. The highest BCUT2D eigenvalue weighted by atomic mass is 32.1. The number of aryl methyl sites for hydroxylation is 2. The maximum Gasteiger partial charge on any atom is 0.271 e. The number of amides is 1. The van der Waals surface area contributed by atoms with Crippen LogP contribution in [0.5, 0.6) is 0 Å². The molecule has 0 bridgehead atoms. The van der Waals surface area contributed by atoms with E-state index in [1.807, 2.05) is 13.8 Å². The molecule has 21 heavy (non-hydrogen) atoms. The predicted octanol–water partition coefficient (Wildman–Crippen LogP) is 1.80. The van der Waals surface area contributed by atoms with Crippen LogP contribution in [-0.4, -0.2) is 30.8 Å². The third kappa shape index (κ3) is 2.84. The van der Waals surface area contributed by atoms with Crippen molar-refractivity contribution in [2.75, 3.05) is 0 Å². The van der Waals surface area contributed by atoms with Gasteiger partial charge in [-0.15, -0.1) is 11.3 Å². The van der Waals surface area contributed by atoms with Crippen LogP contribution in [0, 0.1) is 13.8 Å². The molecular weight excluding hydrogens is 288 g/mol. The van der Waals surface area contributed by atoms with Crippen LogP contribution in [0.4, 0.5) is 0 Å². The lowest BCUT2D eigenvalue weighted by Crippen LogP contribution is -2.23. The van der Waals surface area contributed by atoms with Crippen molar-refractivity contribution in [3.05, 3.63) is 40.7 Å². The number of thiazole rings is 1. The zero-order valence-corrected chi connectivity index (χ0v) is 12.4. The van der Waals surface area contributed by atoms with E-state index in [4.69, 9.17) is 0 Å². The Morgan fingerprint density at radius 2 is 2.24 bits per heavy atom. The molecule has 7 nitrogen and oxygen atoms in total. The first-order valence-corrected chi connectivity index (χ1v) is 7.27. The summed E-state index contributed by atoms with van der Waals surface area (Å²) in [5.41, 5.74) is 2.33. The van der Waals surface area contributed by atoms with Gasteiger partial charge in [-0.05, 0) is 13.8 Å². The van der Waals surface area contributed by atoms with Crippen molar-refractivity contribution in [2.24, 2.45) is 0 Å². The first kappa shape index (κ1) is 13.5. The van der Waals surface area contributed by atoms with E-state index in [1.165, 1.54) is 11.3 Å². The molecule has 3 rings (SSSR count). The number of carbonyl (C=O) groups excluding carboxylic acids is 1. The second-order valence-electron chi connectivity index (χ2n) is 4.55. The summed E-state index contributed by atoms with van der Waals surface area (Å²) in [5.74, 6) is 1.17. The van der Waals surface area contributed by atoms with E-state index in [2.05, 4.69) is 30.2 Å². The molecule has 8 heteroatoms. The van der Waals surface area contributed by atoms with Crippen LogP contribution in [-0.2, 0) is 6.54 Å². The summed E-state index contributed by atoms with van der Waals surface area (Å²) >= 11 is 1.37. The lowest BCUT2D eigenvalue weighted by Gasteiger charge is -1.99. The van der Waals surface area contributed by atoms with Crippen LogP contribution in [0.3, 0.4) is 0 Å². The molecule has 3 heterocycles. The van der Waals surface area contributed by atoms with Crippen LogP contribution >= 0.6 is 11.3 Å². The summed E-state index contributed by atoms with van der Waals surface area (Å²) in [7, 11) is 0. The van der Waals surface area contributed by atoms with Gasteiger partial charge in [0.05, 0.1) is 12.2 Å². The summed E-state index contributed by atoms with van der Waals surface area (Å²) in [5, 5.41) is 5.20. The van der Waals surface area contributed by atoms with Gasteiger partial charge in [-0.3, -0.25) is 4.79 Å². The third-order valence-electron chi connectivity index (χ3n) is 3.03. The fourth-order valence-corrected chi connectivity index (χ4v) is 2.59. The predicted molar refractivity (Wildman–Crippen MR) is 78.9 cm³/mol. The molecule has 0 unspecified atom stereocenters. The van der Waals surface area contributed by atoms with Crippen molar-refractivity contribution in [1.29, 1.82) is 0 Å². The van der Waals surface area contributed by atoms with Gasteiger partial charge in [0.2, 0.25) is 0 Å². The quantitative estimate of drug-likeness (QED) is 0.684. The summed E-state index contributed by atoms with van der Waals surface area (Å²) in [6.07, 6.45) is 3.37. The van der Waals surface area contributed by atoms with Gasteiger partial charge in [-0.2, -0.15) is 0 Å². The number of nitrogens with one attached hydrogen (secondary N) is 3. The second kappa shape index (κ2) is 5.49. The molecule has 0 saturated carbocycles. The van der Waals surface area contributed by atoms with Crippen LogP contribution < -0.4 is 5.32 Å². The highest BCUT2D eigenvalue weighted by Crippen LogP contribution is 2.19. The Labute approximate surface area is 124 Å². The zero-order valence-electron chi connectivity index (χ0n) is 11.6. The first-order valence-electron chi connectivity index (χ1n) is 6.39. The third-order valence-corrected chi connectivity index (χ3v) is 3.88. The second-order valence-corrected chi connectivity index (χ2v) is 5.41. The minimum absolute atomic E-state index is 0.226. The molecule has 0 aliphatic carbocycles. The van der Waals surface area contributed by atoms with Crippen LogP contribution in [0.1, 0.15) is 27.7 Å².